The highest BCUT2D eigenvalue weighted by molar-refractivity contribution is 4.78. The first-order valence-corrected chi connectivity index (χ1v) is 8.30. The van der Waals surface area contributed by atoms with E-state index in [1.165, 1.54) is 38.8 Å². The lowest BCUT2D eigenvalue weighted by molar-refractivity contribution is 0.150. The lowest BCUT2D eigenvalue weighted by Crippen LogP contribution is -2.46. The third-order valence-electron chi connectivity index (χ3n) is 3.95. The van der Waals surface area contributed by atoms with Crippen molar-refractivity contribution < 1.29 is 0 Å². The van der Waals surface area contributed by atoms with E-state index in [2.05, 4.69) is 58.7 Å². The highest BCUT2D eigenvalue weighted by Crippen LogP contribution is 2.14. The molecule has 2 atom stereocenters. The first-order valence-electron chi connectivity index (χ1n) is 8.30. The van der Waals surface area contributed by atoms with Gasteiger partial charge in [-0.3, -0.25) is 0 Å². The highest BCUT2D eigenvalue weighted by Gasteiger charge is 2.20. The van der Waals surface area contributed by atoms with Crippen molar-refractivity contribution in [1.82, 2.24) is 10.2 Å². The van der Waals surface area contributed by atoms with E-state index in [4.69, 9.17) is 0 Å². The minimum atomic E-state index is 0.228. The predicted molar refractivity (Wildman–Crippen MR) is 87.8 cm³/mol. The Bertz CT molecular complexity index is 200. The summed E-state index contributed by atoms with van der Waals surface area (Å²) in [5.74, 6) is 0.702. The zero-order valence-corrected chi connectivity index (χ0v) is 14.6. The van der Waals surface area contributed by atoms with Gasteiger partial charge in [0, 0.05) is 11.6 Å². The van der Waals surface area contributed by atoms with Crippen molar-refractivity contribution in [1.29, 1.82) is 0 Å². The molecule has 0 aliphatic carbocycles. The fourth-order valence-corrected chi connectivity index (χ4v) is 2.24. The molecular weight excluding hydrogens is 232 g/mol. The molecule has 2 heteroatoms. The third-order valence-corrected chi connectivity index (χ3v) is 3.95. The van der Waals surface area contributed by atoms with Crippen molar-refractivity contribution in [3.8, 4) is 0 Å². The van der Waals surface area contributed by atoms with Gasteiger partial charge in [-0.2, -0.15) is 0 Å². The number of hydrogen-bond acceptors (Lipinski definition) is 2. The summed E-state index contributed by atoms with van der Waals surface area (Å²) >= 11 is 0. The van der Waals surface area contributed by atoms with Crippen LogP contribution in [0.15, 0.2) is 0 Å². The van der Waals surface area contributed by atoms with Crippen molar-refractivity contribution in [2.75, 3.05) is 19.6 Å². The number of unbranched alkanes of at least 4 members (excludes halogenated alkanes) is 2. The van der Waals surface area contributed by atoms with Gasteiger partial charge in [0.25, 0.3) is 0 Å². The molecule has 0 aromatic rings. The summed E-state index contributed by atoms with van der Waals surface area (Å²) in [5.41, 5.74) is 0.228. The molecule has 0 aromatic heterocycles. The van der Waals surface area contributed by atoms with Crippen LogP contribution in [0.4, 0.5) is 0 Å². The first kappa shape index (κ1) is 18.9. The number of rotatable bonds is 10. The first-order chi connectivity index (χ1) is 8.81. The van der Waals surface area contributed by atoms with E-state index < -0.39 is 0 Å². The Labute approximate surface area is 122 Å². The van der Waals surface area contributed by atoms with Crippen molar-refractivity contribution in [2.24, 2.45) is 5.92 Å². The third kappa shape index (κ3) is 9.45. The van der Waals surface area contributed by atoms with E-state index in [1.807, 2.05) is 0 Å². The quantitative estimate of drug-likeness (QED) is 0.636. The van der Waals surface area contributed by atoms with E-state index in [-0.39, 0.29) is 5.54 Å². The summed E-state index contributed by atoms with van der Waals surface area (Å²) in [6, 6.07) is 0.674. The molecular formula is C17H38N2. The van der Waals surface area contributed by atoms with Gasteiger partial charge in [-0.05, 0) is 66.1 Å². The standard InChI is InChI=1S/C17H38N2/c1-8-10-12-19(13-11-9-2)16(4)15(3)14-18-17(5,6)7/h15-16,18H,8-14H2,1-7H3. The van der Waals surface area contributed by atoms with Gasteiger partial charge in [0.1, 0.15) is 0 Å². The molecule has 0 rings (SSSR count). The van der Waals surface area contributed by atoms with Crippen LogP contribution in [-0.2, 0) is 0 Å². The molecule has 0 heterocycles. The van der Waals surface area contributed by atoms with E-state index in [0.29, 0.717) is 12.0 Å². The predicted octanol–water partition coefficient (Wildman–Crippen LogP) is 4.30. The minimum Gasteiger partial charge on any atom is -0.312 e. The molecule has 0 saturated carbocycles. The lowest BCUT2D eigenvalue weighted by atomic mass is 9.99. The molecule has 0 bridgehead atoms. The molecule has 0 aliphatic heterocycles. The minimum absolute atomic E-state index is 0.228. The van der Waals surface area contributed by atoms with Crippen molar-refractivity contribution in [3.63, 3.8) is 0 Å². The van der Waals surface area contributed by atoms with Gasteiger partial charge in [0.15, 0.2) is 0 Å². The van der Waals surface area contributed by atoms with Crippen LogP contribution in [0.5, 0.6) is 0 Å². The molecule has 2 unspecified atom stereocenters. The number of nitrogens with zero attached hydrogens (tertiary/aromatic N) is 1. The summed E-state index contributed by atoms with van der Waals surface area (Å²) in [6.07, 6.45) is 5.24. The van der Waals surface area contributed by atoms with Crippen LogP contribution in [0.25, 0.3) is 0 Å². The normalized spacial score (nSPS) is 15.8. The van der Waals surface area contributed by atoms with Crippen molar-refractivity contribution in [3.05, 3.63) is 0 Å². The summed E-state index contributed by atoms with van der Waals surface area (Å²) < 4.78 is 0. The van der Waals surface area contributed by atoms with Crippen LogP contribution >= 0.6 is 0 Å². The molecule has 0 amide bonds. The molecule has 0 saturated heterocycles. The summed E-state index contributed by atoms with van der Waals surface area (Å²) in [7, 11) is 0. The van der Waals surface area contributed by atoms with Gasteiger partial charge in [-0.1, -0.05) is 33.6 Å². The van der Waals surface area contributed by atoms with E-state index in [0.717, 1.165) is 6.54 Å². The van der Waals surface area contributed by atoms with E-state index >= 15 is 0 Å². The fourth-order valence-electron chi connectivity index (χ4n) is 2.24. The van der Waals surface area contributed by atoms with Crippen LogP contribution in [0.2, 0.25) is 0 Å². The van der Waals surface area contributed by atoms with E-state index in [1.54, 1.807) is 0 Å². The monoisotopic (exact) mass is 270 g/mol. The van der Waals surface area contributed by atoms with Gasteiger partial charge in [-0.15, -0.1) is 0 Å². The second-order valence-corrected chi connectivity index (χ2v) is 7.09. The molecule has 1 N–H and O–H groups in total. The Hall–Kier alpha value is -0.0800. The fraction of sp³-hybridized carbons (Fsp3) is 1.00. The second-order valence-electron chi connectivity index (χ2n) is 7.09. The average Bonchev–Trinajstić information content (AvgIpc) is 2.34. The maximum absolute atomic E-state index is 3.64. The van der Waals surface area contributed by atoms with Crippen LogP contribution in [0.1, 0.15) is 74.1 Å². The summed E-state index contributed by atoms with van der Waals surface area (Å²) in [5, 5.41) is 3.64. The molecule has 0 spiro atoms. The van der Waals surface area contributed by atoms with Crippen LogP contribution in [-0.4, -0.2) is 36.1 Å². The highest BCUT2D eigenvalue weighted by atomic mass is 15.2. The lowest BCUT2D eigenvalue weighted by Gasteiger charge is -2.35. The maximum atomic E-state index is 3.64. The van der Waals surface area contributed by atoms with Gasteiger partial charge >= 0.3 is 0 Å². The zero-order valence-electron chi connectivity index (χ0n) is 14.6. The molecule has 19 heavy (non-hydrogen) atoms. The van der Waals surface area contributed by atoms with Gasteiger partial charge in [-0.25, -0.2) is 0 Å². The van der Waals surface area contributed by atoms with Gasteiger partial charge in [0.05, 0.1) is 0 Å². The topological polar surface area (TPSA) is 15.3 Å². The summed E-state index contributed by atoms with van der Waals surface area (Å²) in [6.45, 7) is 19.7. The largest absolute Gasteiger partial charge is 0.312 e. The van der Waals surface area contributed by atoms with Gasteiger partial charge < -0.3 is 10.2 Å². The van der Waals surface area contributed by atoms with Crippen molar-refractivity contribution in [2.45, 2.75) is 85.7 Å². The molecule has 116 valence electrons. The van der Waals surface area contributed by atoms with Crippen LogP contribution in [0, 0.1) is 5.92 Å². The maximum Gasteiger partial charge on any atom is 0.0105 e. The zero-order chi connectivity index (χ0) is 14.9. The van der Waals surface area contributed by atoms with E-state index in [9.17, 15) is 0 Å². The number of nitrogens with one attached hydrogen (secondary N) is 1. The molecule has 0 aromatic carbocycles. The molecule has 0 fully saturated rings. The van der Waals surface area contributed by atoms with Crippen LogP contribution < -0.4 is 5.32 Å². The molecule has 0 aliphatic rings. The smallest absolute Gasteiger partial charge is 0.0105 e. The molecule has 2 nitrogen and oxygen atoms in total. The average molecular weight is 271 g/mol. The SMILES string of the molecule is CCCCN(CCCC)C(C)C(C)CNC(C)(C)C. The van der Waals surface area contributed by atoms with Crippen LogP contribution in [0.3, 0.4) is 0 Å². The van der Waals surface area contributed by atoms with Gasteiger partial charge in [0.2, 0.25) is 0 Å². The Morgan fingerprint density at radius 1 is 0.947 bits per heavy atom. The Morgan fingerprint density at radius 2 is 1.42 bits per heavy atom. The Morgan fingerprint density at radius 3 is 1.79 bits per heavy atom. The summed E-state index contributed by atoms with van der Waals surface area (Å²) in [4.78, 5) is 2.70. The van der Waals surface area contributed by atoms with Crippen molar-refractivity contribution >= 4 is 0 Å². The Balaban J connectivity index is 4.28. The Kier molecular flexibility index (Phi) is 9.72. The number of hydrogen-bond donors (Lipinski definition) is 1. The molecule has 0 radical (unpaired) electrons. The second kappa shape index (κ2) is 9.77.